The summed E-state index contributed by atoms with van der Waals surface area (Å²) in [4.78, 5) is 14.0. The number of likely N-dealkylation sites (tertiary alicyclic amines) is 1. The third-order valence-electron chi connectivity index (χ3n) is 2.99. The van der Waals surface area contributed by atoms with E-state index in [-0.39, 0.29) is 12.5 Å². The minimum absolute atomic E-state index is 0.0819. The van der Waals surface area contributed by atoms with Gasteiger partial charge in [0.25, 0.3) is 5.91 Å². The molecule has 1 N–H and O–H groups in total. The number of amides is 1. The van der Waals surface area contributed by atoms with Crippen molar-refractivity contribution in [2.45, 2.75) is 19.3 Å². The summed E-state index contributed by atoms with van der Waals surface area (Å²) in [5, 5.41) is 8.63. The van der Waals surface area contributed by atoms with Gasteiger partial charge >= 0.3 is 0 Å². The molecule has 2 rings (SSSR count). The summed E-state index contributed by atoms with van der Waals surface area (Å²) in [7, 11) is 0. The van der Waals surface area contributed by atoms with Gasteiger partial charge in [0.15, 0.2) is 0 Å². The minimum Gasteiger partial charge on any atom is -0.395 e. The highest BCUT2D eigenvalue weighted by Gasteiger charge is 2.18. The van der Waals surface area contributed by atoms with E-state index in [2.05, 4.69) is 11.8 Å². The predicted molar refractivity (Wildman–Crippen MR) is 70.2 cm³/mol. The largest absolute Gasteiger partial charge is 0.395 e. The molecule has 3 nitrogen and oxygen atoms in total. The zero-order chi connectivity index (χ0) is 12.8. The number of hydrogen-bond donors (Lipinski definition) is 1. The van der Waals surface area contributed by atoms with E-state index in [9.17, 15) is 4.79 Å². The predicted octanol–water partition coefficient (Wildman–Crippen LogP) is 1.66. The van der Waals surface area contributed by atoms with E-state index in [0.29, 0.717) is 6.42 Å². The molecule has 1 fully saturated rings. The SMILES string of the molecule is O=C(c1ccc(C#CCCO)cc1)N1CCCC1. The highest BCUT2D eigenvalue weighted by Crippen LogP contribution is 2.13. The van der Waals surface area contributed by atoms with Crippen LogP contribution in [-0.4, -0.2) is 35.6 Å². The van der Waals surface area contributed by atoms with Crippen LogP contribution < -0.4 is 0 Å². The summed E-state index contributed by atoms with van der Waals surface area (Å²) in [6.07, 6.45) is 2.70. The molecule has 1 aliphatic rings. The van der Waals surface area contributed by atoms with Crippen LogP contribution in [0, 0.1) is 11.8 Å². The molecule has 0 atom stereocenters. The van der Waals surface area contributed by atoms with Crippen LogP contribution in [0.4, 0.5) is 0 Å². The second-order valence-corrected chi connectivity index (χ2v) is 4.35. The van der Waals surface area contributed by atoms with Crippen LogP contribution in [0.3, 0.4) is 0 Å². The first-order valence-corrected chi connectivity index (χ1v) is 6.30. The van der Waals surface area contributed by atoms with Gasteiger partial charge < -0.3 is 10.0 Å². The smallest absolute Gasteiger partial charge is 0.253 e. The van der Waals surface area contributed by atoms with Gasteiger partial charge in [0.05, 0.1) is 6.61 Å². The maximum Gasteiger partial charge on any atom is 0.253 e. The van der Waals surface area contributed by atoms with Gasteiger partial charge in [-0.1, -0.05) is 11.8 Å². The lowest BCUT2D eigenvalue weighted by Gasteiger charge is -2.14. The maximum atomic E-state index is 12.1. The third-order valence-corrected chi connectivity index (χ3v) is 2.99. The summed E-state index contributed by atoms with van der Waals surface area (Å²) in [5.74, 6) is 5.92. The van der Waals surface area contributed by atoms with Crippen molar-refractivity contribution in [3.63, 3.8) is 0 Å². The summed E-state index contributed by atoms with van der Waals surface area (Å²) in [6, 6.07) is 7.36. The molecule has 1 heterocycles. The summed E-state index contributed by atoms with van der Waals surface area (Å²) >= 11 is 0. The van der Waals surface area contributed by atoms with Gasteiger partial charge in [0, 0.05) is 30.6 Å². The van der Waals surface area contributed by atoms with E-state index >= 15 is 0 Å². The van der Waals surface area contributed by atoms with Gasteiger partial charge in [0.1, 0.15) is 0 Å². The number of aliphatic hydroxyl groups is 1. The molecule has 0 aliphatic carbocycles. The molecule has 18 heavy (non-hydrogen) atoms. The van der Waals surface area contributed by atoms with Crippen molar-refractivity contribution in [2.75, 3.05) is 19.7 Å². The topological polar surface area (TPSA) is 40.5 Å². The van der Waals surface area contributed by atoms with E-state index in [0.717, 1.165) is 37.1 Å². The molecular formula is C15H17NO2. The zero-order valence-electron chi connectivity index (χ0n) is 10.4. The van der Waals surface area contributed by atoms with E-state index in [1.807, 2.05) is 29.2 Å². The Bertz CT molecular complexity index is 462. The first-order valence-electron chi connectivity index (χ1n) is 6.30. The van der Waals surface area contributed by atoms with Crippen molar-refractivity contribution < 1.29 is 9.90 Å². The Morgan fingerprint density at radius 3 is 2.50 bits per heavy atom. The van der Waals surface area contributed by atoms with Crippen molar-refractivity contribution in [3.8, 4) is 11.8 Å². The number of aliphatic hydroxyl groups excluding tert-OH is 1. The molecule has 1 saturated heterocycles. The molecule has 0 saturated carbocycles. The molecule has 1 aromatic rings. The summed E-state index contributed by atoms with van der Waals surface area (Å²) in [5.41, 5.74) is 1.60. The van der Waals surface area contributed by atoms with Crippen molar-refractivity contribution in [3.05, 3.63) is 35.4 Å². The second-order valence-electron chi connectivity index (χ2n) is 4.35. The third kappa shape index (κ3) is 3.12. The van der Waals surface area contributed by atoms with Crippen LogP contribution in [0.15, 0.2) is 24.3 Å². The Kier molecular flexibility index (Phi) is 4.38. The molecule has 0 radical (unpaired) electrons. The average molecular weight is 243 g/mol. The van der Waals surface area contributed by atoms with Crippen LogP contribution in [0.2, 0.25) is 0 Å². The van der Waals surface area contributed by atoms with Crippen LogP contribution in [-0.2, 0) is 0 Å². The summed E-state index contributed by atoms with van der Waals surface area (Å²) in [6.45, 7) is 1.83. The Morgan fingerprint density at radius 2 is 1.89 bits per heavy atom. The van der Waals surface area contributed by atoms with Gasteiger partial charge in [-0.3, -0.25) is 4.79 Å². The molecule has 0 bridgehead atoms. The highest BCUT2D eigenvalue weighted by molar-refractivity contribution is 5.94. The highest BCUT2D eigenvalue weighted by atomic mass is 16.2. The lowest BCUT2D eigenvalue weighted by Crippen LogP contribution is -2.27. The van der Waals surface area contributed by atoms with Gasteiger partial charge in [-0.05, 0) is 37.1 Å². The molecule has 1 amide bonds. The Labute approximate surface area is 107 Å². The normalized spacial score (nSPS) is 14.2. The molecule has 1 aromatic carbocycles. The van der Waals surface area contributed by atoms with E-state index in [1.165, 1.54) is 0 Å². The molecular weight excluding hydrogens is 226 g/mol. The average Bonchev–Trinajstić information content (AvgIpc) is 2.93. The van der Waals surface area contributed by atoms with Gasteiger partial charge in [0.2, 0.25) is 0 Å². The van der Waals surface area contributed by atoms with E-state index in [4.69, 9.17) is 5.11 Å². The van der Waals surface area contributed by atoms with Crippen molar-refractivity contribution in [1.29, 1.82) is 0 Å². The number of benzene rings is 1. The second kappa shape index (κ2) is 6.23. The molecule has 0 aromatic heterocycles. The fourth-order valence-corrected chi connectivity index (χ4v) is 2.02. The quantitative estimate of drug-likeness (QED) is 0.802. The number of carbonyl (C=O) groups is 1. The fourth-order valence-electron chi connectivity index (χ4n) is 2.02. The summed E-state index contributed by atoms with van der Waals surface area (Å²) < 4.78 is 0. The molecule has 1 aliphatic heterocycles. The number of hydrogen-bond acceptors (Lipinski definition) is 2. The first-order chi connectivity index (χ1) is 8.81. The lowest BCUT2D eigenvalue weighted by molar-refractivity contribution is 0.0793. The van der Waals surface area contributed by atoms with Crippen LogP contribution in [0.1, 0.15) is 35.2 Å². The van der Waals surface area contributed by atoms with Crippen molar-refractivity contribution >= 4 is 5.91 Å². The fraction of sp³-hybridized carbons (Fsp3) is 0.400. The Hall–Kier alpha value is -1.79. The number of nitrogens with zero attached hydrogens (tertiary/aromatic N) is 1. The molecule has 94 valence electrons. The van der Waals surface area contributed by atoms with Gasteiger partial charge in [-0.2, -0.15) is 0 Å². The van der Waals surface area contributed by atoms with Crippen LogP contribution in [0.25, 0.3) is 0 Å². The number of carbonyl (C=O) groups excluding carboxylic acids is 1. The lowest BCUT2D eigenvalue weighted by atomic mass is 10.1. The Balaban J connectivity index is 2.03. The van der Waals surface area contributed by atoms with Gasteiger partial charge in [-0.25, -0.2) is 0 Å². The molecule has 0 unspecified atom stereocenters. The zero-order valence-corrected chi connectivity index (χ0v) is 10.4. The van der Waals surface area contributed by atoms with Gasteiger partial charge in [-0.15, -0.1) is 0 Å². The van der Waals surface area contributed by atoms with E-state index < -0.39 is 0 Å². The maximum absolute atomic E-state index is 12.1. The minimum atomic E-state index is 0.0819. The van der Waals surface area contributed by atoms with Crippen molar-refractivity contribution in [1.82, 2.24) is 4.90 Å². The monoisotopic (exact) mass is 243 g/mol. The standard InChI is InChI=1S/C15H17NO2/c17-12-4-1-5-13-6-8-14(9-7-13)15(18)16-10-2-3-11-16/h6-9,17H,2-4,10-12H2. The van der Waals surface area contributed by atoms with Crippen LogP contribution in [0.5, 0.6) is 0 Å². The van der Waals surface area contributed by atoms with Crippen LogP contribution >= 0.6 is 0 Å². The molecule has 3 heteroatoms. The van der Waals surface area contributed by atoms with E-state index in [1.54, 1.807) is 0 Å². The number of rotatable bonds is 2. The Morgan fingerprint density at radius 1 is 1.22 bits per heavy atom. The first kappa shape index (κ1) is 12.7. The molecule has 0 spiro atoms. The van der Waals surface area contributed by atoms with Crippen molar-refractivity contribution in [2.24, 2.45) is 0 Å².